The highest BCUT2D eigenvalue weighted by molar-refractivity contribution is 4.76. The predicted octanol–water partition coefficient (Wildman–Crippen LogP) is 2.01. The van der Waals surface area contributed by atoms with E-state index in [0.29, 0.717) is 5.92 Å². The van der Waals surface area contributed by atoms with Crippen LogP contribution in [0.5, 0.6) is 0 Å². The molecule has 0 aromatic carbocycles. The highest BCUT2D eigenvalue weighted by atomic mass is 15.4. The van der Waals surface area contributed by atoms with E-state index < -0.39 is 0 Å². The second-order valence-electron chi connectivity index (χ2n) is 4.21. The molecular formula is C9H22N2. The molecule has 0 heterocycles. The SMILES string of the molecule is CCC(C)(C)N(N)CC(C)C. The Morgan fingerprint density at radius 2 is 1.82 bits per heavy atom. The van der Waals surface area contributed by atoms with Gasteiger partial charge in [-0.3, -0.25) is 5.84 Å². The molecule has 0 unspecified atom stereocenters. The van der Waals surface area contributed by atoms with Crippen molar-refractivity contribution in [2.75, 3.05) is 6.54 Å². The molecule has 2 N–H and O–H groups in total. The van der Waals surface area contributed by atoms with Gasteiger partial charge in [0.05, 0.1) is 0 Å². The molecule has 2 nitrogen and oxygen atoms in total. The zero-order valence-electron chi connectivity index (χ0n) is 8.52. The Morgan fingerprint density at radius 1 is 1.36 bits per heavy atom. The van der Waals surface area contributed by atoms with Crippen LogP contribution in [0.3, 0.4) is 0 Å². The quantitative estimate of drug-likeness (QED) is 0.501. The van der Waals surface area contributed by atoms with Crippen molar-refractivity contribution in [1.29, 1.82) is 0 Å². The summed E-state index contributed by atoms with van der Waals surface area (Å²) in [4.78, 5) is 0. The largest absolute Gasteiger partial charge is 0.268 e. The van der Waals surface area contributed by atoms with Crippen LogP contribution in [-0.2, 0) is 0 Å². The zero-order valence-corrected chi connectivity index (χ0v) is 8.52. The first-order valence-electron chi connectivity index (χ1n) is 4.42. The summed E-state index contributed by atoms with van der Waals surface area (Å²) >= 11 is 0. The molecule has 68 valence electrons. The second kappa shape index (κ2) is 4.07. The number of nitrogens with two attached hydrogens (primary N) is 1. The molecule has 0 fully saturated rings. The second-order valence-corrected chi connectivity index (χ2v) is 4.21. The fourth-order valence-corrected chi connectivity index (χ4v) is 0.844. The van der Waals surface area contributed by atoms with Crippen LogP contribution in [0.1, 0.15) is 41.0 Å². The lowest BCUT2D eigenvalue weighted by atomic mass is 10.00. The van der Waals surface area contributed by atoms with E-state index in [2.05, 4.69) is 34.6 Å². The molecule has 2 heteroatoms. The van der Waals surface area contributed by atoms with Gasteiger partial charge in [0.1, 0.15) is 0 Å². The normalized spacial score (nSPS) is 13.1. The summed E-state index contributed by atoms with van der Waals surface area (Å²) in [6.45, 7) is 11.9. The average molecular weight is 158 g/mol. The zero-order chi connectivity index (χ0) is 9.07. The van der Waals surface area contributed by atoms with E-state index in [-0.39, 0.29) is 5.54 Å². The standard InChI is InChI=1S/C9H22N2/c1-6-9(4,5)11(10)7-8(2)3/h8H,6-7,10H2,1-5H3. The molecule has 0 saturated heterocycles. The van der Waals surface area contributed by atoms with E-state index in [9.17, 15) is 0 Å². The Balaban J connectivity index is 3.90. The predicted molar refractivity (Wildman–Crippen MR) is 50.1 cm³/mol. The van der Waals surface area contributed by atoms with Crippen LogP contribution < -0.4 is 5.84 Å². The number of rotatable bonds is 4. The lowest BCUT2D eigenvalue weighted by molar-refractivity contribution is 0.102. The third-order valence-electron chi connectivity index (χ3n) is 2.20. The third-order valence-corrected chi connectivity index (χ3v) is 2.20. The van der Waals surface area contributed by atoms with Gasteiger partial charge >= 0.3 is 0 Å². The Hall–Kier alpha value is -0.0800. The van der Waals surface area contributed by atoms with Crippen LogP contribution in [0.25, 0.3) is 0 Å². The van der Waals surface area contributed by atoms with Crippen LogP contribution in [0.2, 0.25) is 0 Å². The van der Waals surface area contributed by atoms with Crippen molar-refractivity contribution in [2.45, 2.75) is 46.6 Å². The smallest absolute Gasteiger partial charge is 0.0293 e. The molecule has 0 bridgehead atoms. The van der Waals surface area contributed by atoms with E-state index in [0.717, 1.165) is 13.0 Å². The van der Waals surface area contributed by atoms with Crippen LogP contribution in [0, 0.1) is 5.92 Å². The fraction of sp³-hybridized carbons (Fsp3) is 1.00. The molecule has 0 aromatic heterocycles. The van der Waals surface area contributed by atoms with Gasteiger partial charge in [0, 0.05) is 12.1 Å². The minimum Gasteiger partial charge on any atom is -0.268 e. The van der Waals surface area contributed by atoms with Crippen molar-refractivity contribution >= 4 is 0 Å². The number of hydrogen-bond acceptors (Lipinski definition) is 2. The Kier molecular flexibility index (Phi) is 4.04. The van der Waals surface area contributed by atoms with Gasteiger partial charge in [0.15, 0.2) is 0 Å². The number of hydrogen-bond donors (Lipinski definition) is 1. The maximum absolute atomic E-state index is 5.90. The molecule has 0 amide bonds. The van der Waals surface area contributed by atoms with Crippen molar-refractivity contribution < 1.29 is 0 Å². The van der Waals surface area contributed by atoms with Gasteiger partial charge in [-0.05, 0) is 26.2 Å². The maximum Gasteiger partial charge on any atom is 0.0293 e. The van der Waals surface area contributed by atoms with Crippen molar-refractivity contribution in [2.24, 2.45) is 11.8 Å². The molecule has 0 spiro atoms. The van der Waals surface area contributed by atoms with Gasteiger partial charge in [-0.2, -0.15) is 0 Å². The summed E-state index contributed by atoms with van der Waals surface area (Å²) in [6, 6.07) is 0. The first-order valence-corrected chi connectivity index (χ1v) is 4.42. The van der Waals surface area contributed by atoms with E-state index >= 15 is 0 Å². The van der Waals surface area contributed by atoms with Gasteiger partial charge in [0.2, 0.25) is 0 Å². The summed E-state index contributed by atoms with van der Waals surface area (Å²) in [7, 11) is 0. The molecule has 0 rings (SSSR count). The first kappa shape index (κ1) is 10.9. The van der Waals surface area contributed by atoms with Crippen LogP contribution >= 0.6 is 0 Å². The first-order chi connectivity index (χ1) is 4.90. The van der Waals surface area contributed by atoms with Gasteiger partial charge < -0.3 is 0 Å². The molecule has 0 aromatic rings. The van der Waals surface area contributed by atoms with Gasteiger partial charge in [0.25, 0.3) is 0 Å². The van der Waals surface area contributed by atoms with E-state index in [1.54, 1.807) is 0 Å². The van der Waals surface area contributed by atoms with Crippen molar-refractivity contribution in [1.82, 2.24) is 5.01 Å². The third kappa shape index (κ3) is 3.73. The maximum atomic E-state index is 5.90. The Bertz CT molecular complexity index is 108. The molecule has 0 aliphatic heterocycles. The molecule has 0 saturated carbocycles. The topological polar surface area (TPSA) is 29.3 Å². The summed E-state index contributed by atoms with van der Waals surface area (Å²) in [5, 5.41) is 1.94. The minimum absolute atomic E-state index is 0.143. The summed E-state index contributed by atoms with van der Waals surface area (Å²) in [5.41, 5.74) is 0.143. The van der Waals surface area contributed by atoms with Gasteiger partial charge in [-0.25, -0.2) is 5.01 Å². The van der Waals surface area contributed by atoms with Crippen molar-refractivity contribution in [3.05, 3.63) is 0 Å². The lowest BCUT2D eigenvalue weighted by Crippen LogP contribution is -2.49. The highest BCUT2D eigenvalue weighted by Crippen LogP contribution is 2.15. The van der Waals surface area contributed by atoms with Gasteiger partial charge in [-0.15, -0.1) is 0 Å². The van der Waals surface area contributed by atoms with Crippen LogP contribution in [-0.4, -0.2) is 17.1 Å². The van der Waals surface area contributed by atoms with Gasteiger partial charge in [-0.1, -0.05) is 20.8 Å². The lowest BCUT2D eigenvalue weighted by Gasteiger charge is -2.35. The Morgan fingerprint density at radius 3 is 2.09 bits per heavy atom. The summed E-state index contributed by atoms with van der Waals surface area (Å²) in [6.07, 6.45) is 1.09. The minimum atomic E-state index is 0.143. The van der Waals surface area contributed by atoms with Crippen molar-refractivity contribution in [3.8, 4) is 0 Å². The highest BCUT2D eigenvalue weighted by Gasteiger charge is 2.21. The molecule has 0 atom stereocenters. The molecule has 0 aliphatic carbocycles. The Labute approximate surface area is 70.7 Å². The molecule has 0 radical (unpaired) electrons. The number of nitrogens with zero attached hydrogens (tertiary/aromatic N) is 1. The molecule has 11 heavy (non-hydrogen) atoms. The summed E-state index contributed by atoms with van der Waals surface area (Å²) < 4.78 is 0. The van der Waals surface area contributed by atoms with E-state index in [4.69, 9.17) is 5.84 Å². The van der Waals surface area contributed by atoms with Crippen LogP contribution in [0.15, 0.2) is 0 Å². The molecule has 0 aliphatic rings. The van der Waals surface area contributed by atoms with Crippen molar-refractivity contribution in [3.63, 3.8) is 0 Å². The summed E-state index contributed by atoms with van der Waals surface area (Å²) in [5.74, 6) is 6.54. The number of hydrazine groups is 1. The average Bonchev–Trinajstić information content (AvgIpc) is 1.86. The van der Waals surface area contributed by atoms with E-state index in [1.165, 1.54) is 0 Å². The molecular weight excluding hydrogens is 136 g/mol. The van der Waals surface area contributed by atoms with E-state index in [1.807, 2.05) is 5.01 Å². The van der Waals surface area contributed by atoms with Crippen LogP contribution in [0.4, 0.5) is 0 Å². The fourth-order valence-electron chi connectivity index (χ4n) is 0.844. The monoisotopic (exact) mass is 158 g/mol.